The summed E-state index contributed by atoms with van der Waals surface area (Å²) in [6, 6.07) is 9.03. The first kappa shape index (κ1) is 20.2. The van der Waals surface area contributed by atoms with Gasteiger partial charge in [0, 0.05) is 50.1 Å². The molecule has 0 bridgehead atoms. The molecule has 8 nitrogen and oxygen atoms in total. The zero-order valence-electron chi connectivity index (χ0n) is 16.4. The van der Waals surface area contributed by atoms with E-state index in [1.165, 1.54) is 11.3 Å². The summed E-state index contributed by atoms with van der Waals surface area (Å²) >= 11 is 1.45. The fraction of sp³-hybridized carbons (Fsp3) is 0.381. The Morgan fingerprint density at radius 3 is 2.50 bits per heavy atom. The van der Waals surface area contributed by atoms with Gasteiger partial charge in [-0.15, -0.1) is 0 Å². The minimum atomic E-state index is -0.672. The van der Waals surface area contributed by atoms with Crippen LogP contribution in [-0.2, 0) is 9.59 Å². The van der Waals surface area contributed by atoms with Crippen LogP contribution in [0.2, 0.25) is 0 Å². The number of ether oxygens (including phenoxy) is 2. The van der Waals surface area contributed by atoms with Crippen molar-refractivity contribution in [1.29, 1.82) is 0 Å². The summed E-state index contributed by atoms with van der Waals surface area (Å²) in [6.45, 7) is 2.30. The highest BCUT2D eigenvalue weighted by Crippen LogP contribution is 2.31. The van der Waals surface area contributed by atoms with Gasteiger partial charge in [0.1, 0.15) is 6.61 Å². The van der Waals surface area contributed by atoms with Crippen molar-refractivity contribution in [3.05, 3.63) is 46.7 Å². The number of nitrogens with one attached hydrogen (secondary N) is 1. The number of piperazine rings is 1. The highest BCUT2D eigenvalue weighted by molar-refractivity contribution is 7.08. The number of amides is 3. The smallest absolute Gasteiger partial charge is 0.267 e. The second-order valence-corrected chi connectivity index (χ2v) is 7.87. The lowest BCUT2D eigenvalue weighted by atomic mass is 10.2. The van der Waals surface area contributed by atoms with Gasteiger partial charge in [0.05, 0.1) is 0 Å². The maximum absolute atomic E-state index is 12.8. The van der Waals surface area contributed by atoms with E-state index in [1.54, 1.807) is 27.3 Å². The summed E-state index contributed by atoms with van der Waals surface area (Å²) in [7, 11) is 0. The van der Waals surface area contributed by atoms with E-state index >= 15 is 0 Å². The van der Waals surface area contributed by atoms with Gasteiger partial charge in [-0.3, -0.25) is 14.4 Å². The molecule has 2 aliphatic rings. The lowest BCUT2D eigenvalue weighted by Gasteiger charge is -2.37. The zero-order valence-corrected chi connectivity index (χ0v) is 17.2. The number of carbonyl (C=O) groups is 3. The fourth-order valence-electron chi connectivity index (χ4n) is 3.46. The van der Waals surface area contributed by atoms with Crippen LogP contribution in [0.25, 0.3) is 0 Å². The van der Waals surface area contributed by atoms with Gasteiger partial charge in [-0.1, -0.05) is 12.1 Å². The van der Waals surface area contributed by atoms with Crippen LogP contribution in [0.5, 0.6) is 11.5 Å². The van der Waals surface area contributed by atoms with E-state index in [1.807, 2.05) is 23.6 Å². The average molecular weight is 429 g/mol. The Bertz CT molecular complexity index is 909. The van der Waals surface area contributed by atoms with E-state index in [-0.39, 0.29) is 30.7 Å². The quantitative estimate of drug-likeness (QED) is 0.776. The van der Waals surface area contributed by atoms with Gasteiger partial charge in [0.25, 0.3) is 11.8 Å². The third-order valence-electron chi connectivity index (χ3n) is 5.14. The second kappa shape index (κ2) is 9.17. The second-order valence-electron chi connectivity index (χ2n) is 7.09. The van der Waals surface area contributed by atoms with Crippen molar-refractivity contribution in [2.45, 2.75) is 12.5 Å². The van der Waals surface area contributed by atoms with Gasteiger partial charge < -0.3 is 24.6 Å². The summed E-state index contributed by atoms with van der Waals surface area (Å²) in [5, 5.41) is 6.37. The van der Waals surface area contributed by atoms with Crippen LogP contribution >= 0.6 is 11.3 Å². The van der Waals surface area contributed by atoms with Crippen molar-refractivity contribution >= 4 is 29.1 Å². The van der Waals surface area contributed by atoms with E-state index in [9.17, 15) is 14.4 Å². The number of para-hydroxylation sites is 2. The first-order chi connectivity index (χ1) is 14.6. The Morgan fingerprint density at radius 1 is 1.03 bits per heavy atom. The van der Waals surface area contributed by atoms with Crippen molar-refractivity contribution in [1.82, 2.24) is 15.1 Å². The van der Waals surface area contributed by atoms with Gasteiger partial charge in [-0.2, -0.15) is 11.3 Å². The molecule has 4 rings (SSSR count). The SMILES string of the molecule is O=C(NCCC(=O)N1CCN(C(=O)C2COc3ccccc3O2)CC1)c1ccsc1. The summed E-state index contributed by atoms with van der Waals surface area (Å²) in [6.07, 6.45) is -0.435. The van der Waals surface area contributed by atoms with Crippen molar-refractivity contribution in [3.8, 4) is 11.5 Å². The molecule has 9 heteroatoms. The largest absolute Gasteiger partial charge is 0.485 e. The number of fused-ring (bicyclic) bond motifs is 1. The van der Waals surface area contributed by atoms with Crippen molar-refractivity contribution < 1.29 is 23.9 Å². The van der Waals surface area contributed by atoms with Crippen LogP contribution in [0.3, 0.4) is 0 Å². The van der Waals surface area contributed by atoms with Crippen molar-refractivity contribution in [2.24, 2.45) is 0 Å². The molecule has 1 saturated heterocycles. The molecule has 2 aromatic rings. The average Bonchev–Trinajstić information content (AvgIpc) is 3.33. The van der Waals surface area contributed by atoms with Crippen molar-refractivity contribution in [3.63, 3.8) is 0 Å². The Morgan fingerprint density at radius 2 is 1.77 bits per heavy atom. The molecule has 1 aromatic carbocycles. The topological polar surface area (TPSA) is 88.2 Å². The maximum atomic E-state index is 12.8. The third-order valence-corrected chi connectivity index (χ3v) is 5.82. The first-order valence-corrected chi connectivity index (χ1v) is 10.8. The normalized spacial score (nSPS) is 18.1. The lowest BCUT2D eigenvalue weighted by Crippen LogP contribution is -2.55. The Hall–Kier alpha value is -3.07. The molecule has 1 atom stereocenters. The summed E-state index contributed by atoms with van der Waals surface area (Å²) in [4.78, 5) is 40.5. The molecule has 1 N–H and O–H groups in total. The standard InChI is InChI=1S/C21H23N3O5S/c25-19(5-7-22-20(26)15-6-12-30-14-15)23-8-10-24(11-9-23)21(27)18-13-28-16-3-1-2-4-17(16)29-18/h1-4,6,12,14,18H,5,7-11,13H2,(H,22,26). The number of thiophene rings is 1. The van der Waals surface area contributed by atoms with E-state index in [0.29, 0.717) is 49.8 Å². The first-order valence-electron chi connectivity index (χ1n) is 9.87. The summed E-state index contributed by atoms with van der Waals surface area (Å²) in [5.41, 5.74) is 0.608. The molecule has 1 unspecified atom stereocenters. The Balaban J connectivity index is 1.20. The molecule has 30 heavy (non-hydrogen) atoms. The third kappa shape index (κ3) is 4.56. The van der Waals surface area contributed by atoms with Gasteiger partial charge in [-0.05, 0) is 23.6 Å². The number of rotatable bonds is 5. The Kier molecular flexibility index (Phi) is 6.18. The fourth-order valence-corrected chi connectivity index (χ4v) is 4.09. The molecule has 2 aliphatic heterocycles. The van der Waals surface area contributed by atoms with E-state index in [4.69, 9.17) is 9.47 Å². The van der Waals surface area contributed by atoms with Crippen LogP contribution in [0.4, 0.5) is 0 Å². The van der Waals surface area contributed by atoms with E-state index in [2.05, 4.69) is 5.32 Å². The maximum Gasteiger partial charge on any atom is 0.267 e. The van der Waals surface area contributed by atoms with Gasteiger partial charge in [0.2, 0.25) is 12.0 Å². The molecule has 0 aliphatic carbocycles. The number of nitrogens with zero attached hydrogens (tertiary/aromatic N) is 2. The number of benzene rings is 1. The molecular formula is C21H23N3O5S. The predicted molar refractivity (Wildman–Crippen MR) is 111 cm³/mol. The van der Waals surface area contributed by atoms with Gasteiger partial charge in [-0.25, -0.2) is 0 Å². The van der Waals surface area contributed by atoms with E-state index in [0.717, 1.165) is 0 Å². The van der Waals surface area contributed by atoms with Crippen LogP contribution < -0.4 is 14.8 Å². The van der Waals surface area contributed by atoms with Gasteiger partial charge >= 0.3 is 0 Å². The molecular weight excluding hydrogens is 406 g/mol. The molecule has 0 saturated carbocycles. The van der Waals surface area contributed by atoms with Crippen LogP contribution in [0.15, 0.2) is 41.1 Å². The van der Waals surface area contributed by atoms with Crippen LogP contribution in [-0.4, -0.2) is 73.0 Å². The lowest BCUT2D eigenvalue weighted by molar-refractivity contribution is -0.146. The summed E-state index contributed by atoms with van der Waals surface area (Å²) in [5.74, 6) is 0.887. The molecule has 1 aromatic heterocycles. The molecule has 0 spiro atoms. The molecule has 3 heterocycles. The number of hydrogen-bond donors (Lipinski definition) is 1. The molecule has 158 valence electrons. The highest BCUT2D eigenvalue weighted by atomic mass is 32.1. The highest BCUT2D eigenvalue weighted by Gasteiger charge is 2.33. The minimum Gasteiger partial charge on any atom is -0.485 e. The van der Waals surface area contributed by atoms with E-state index < -0.39 is 6.10 Å². The van der Waals surface area contributed by atoms with Crippen LogP contribution in [0.1, 0.15) is 16.8 Å². The minimum absolute atomic E-state index is 0.0288. The number of hydrogen-bond acceptors (Lipinski definition) is 6. The van der Waals surface area contributed by atoms with Crippen molar-refractivity contribution in [2.75, 3.05) is 39.3 Å². The van der Waals surface area contributed by atoms with Gasteiger partial charge in [0.15, 0.2) is 11.5 Å². The predicted octanol–water partition coefficient (Wildman–Crippen LogP) is 1.38. The Labute approximate surface area is 178 Å². The molecule has 3 amide bonds. The molecule has 1 fully saturated rings. The zero-order chi connectivity index (χ0) is 20.9. The summed E-state index contributed by atoms with van der Waals surface area (Å²) < 4.78 is 11.4. The molecule has 0 radical (unpaired) electrons. The van der Waals surface area contributed by atoms with Crippen LogP contribution in [0, 0.1) is 0 Å². The monoisotopic (exact) mass is 429 g/mol. The number of carbonyl (C=O) groups excluding carboxylic acids is 3.